The SMILES string of the molecule is CCC[C@H](Cc1ccccc1)/C(=N/[S@](=O)C(C)(C)C)OC. The molecule has 3 nitrogen and oxygen atoms in total. The van der Waals surface area contributed by atoms with E-state index in [9.17, 15) is 4.21 Å². The summed E-state index contributed by atoms with van der Waals surface area (Å²) in [6.07, 6.45) is 2.88. The molecule has 0 fully saturated rings. The summed E-state index contributed by atoms with van der Waals surface area (Å²) >= 11 is 0. The molecule has 1 aromatic carbocycles. The maximum Gasteiger partial charge on any atom is 0.200 e. The van der Waals surface area contributed by atoms with Crippen LogP contribution in [0.15, 0.2) is 34.7 Å². The predicted molar refractivity (Wildman–Crippen MR) is 90.9 cm³/mol. The molecule has 0 saturated heterocycles. The molecule has 0 aromatic heterocycles. The Morgan fingerprint density at radius 3 is 2.38 bits per heavy atom. The smallest absolute Gasteiger partial charge is 0.200 e. The second-order valence-electron chi connectivity index (χ2n) is 6.17. The third-order valence-corrected chi connectivity index (χ3v) is 4.61. The molecule has 0 aliphatic carbocycles. The Morgan fingerprint density at radius 2 is 1.90 bits per heavy atom. The van der Waals surface area contributed by atoms with Crippen molar-refractivity contribution in [3.8, 4) is 0 Å². The number of rotatable bonds is 6. The average Bonchev–Trinajstić information content (AvgIpc) is 2.44. The van der Waals surface area contributed by atoms with Crippen molar-refractivity contribution >= 4 is 16.9 Å². The Morgan fingerprint density at radius 1 is 1.29 bits per heavy atom. The lowest BCUT2D eigenvalue weighted by atomic mass is 9.95. The minimum absolute atomic E-state index is 0.175. The molecule has 0 bridgehead atoms. The Balaban J connectivity index is 2.95. The topological polar surface area (TPSA) is 38.7 Å². The van der Waals surface area contributed by atoms with Crippen molar-refractivity contribution < 1.29 is 8.95 Å². The van der Waals surface area contributed by atoms with E-state index in [1.54, 1.807) is 7.11 Å². The van der Waals surface area contributed by atoms with E-state index in [1.165, 1.54) is 5.56 Å². The fourth-order valence-corrected chi connectivity index (χ4v) is 2.72. The average molecular weight is 309 g/mol. The molecule has 1 rings (SSSR count). The predicted octanol–water partition coefficient (Wildman–Crippen LogP) is 4.15. The van der Waals surface area contributed by atoms with E-state index >= 15 is 0 Å². The first-order valence-electron chi connectivity index (χ1n) is 7.47. The highest BCUT2D eigenvalue weighted by atomic mass is 32.2. The van der Waals surface area contributed by atoms with Gasteiger partial charge in [-0.25, -0.2) is 4.21 Å². The zero-order valence-electron chi connectivity index (χ0n) is 13.8. The van der Waals surface area contributed by atoms with E-state index < -0.39 is 11.0 Å². The van der Waals surface area contributed by atoms with Crippen LogP contribution in [0.2, 0.25) is 0 Å². The second-order valence-corrected chi connectivity index (χ2v) is 8.08. The summed E-state index contributed by atoms with van der Waals surface area (Å²) in [5.41, 5.74) is 1.25. The molecule has 0 unspecified atom stereocenters. The first-order valence-corrected chi connectivity index (χ1v) is 8.57. The van der Waals surface area contributed by atoms with E-state index in [-0.39, 0.29) is 10.7 Å². The molecule has 0 saturated carbocycles. The molecular formula is C17H27NO2S. The van der Waals surface area contributed by atoms with Crippen molar-refractivity contribution in [1.82, 2.24) is 0 Å². The van der Waals surface area contributed by atoms with Gasteiger partial charge in [-0.3, -0.25) is 0 Å². The van der Waals surface area contributed by atoms with Gasteiger partial charge in [-0.1, -0.05) is 43.7 Å². The molecule has 21 heavy (non-hydrogen) atoms. The second kappa shape index (κ2) is 8.32. The summed E-state index contributed by atoms with van der Waals surface area (Å²) in [4.78, 5) is 0. The van der Waals surface area contributed by atoms with Gasteiger partial charge in [0.15, 0.2) is 0 Å². The molecular weight excluding hydrogens is 282 g/mol. The first kappa shape index (κ1) is 17.9. The maximum absolute atomic E-state index is 12.2. The van der Waals surface area contributed by atoms with Crippen LogP contribution in [0.4, 0.5) is 0 Å². The van der Waals surface area contributed by atoms with Gasteiger partial charge in [0.2, 0.25) is 5.90 Å². The summed E-state index contributed by atoms with van der Waals surface area (Å²) < 4.78 is 21.7. The van der Waals surface area contributed by atoms with Crippen LogP contribution in [0.1, 0.15) is 46.1 Å². The largest absolute Gasteiger partial charge is 0.483 e. The Bertz CT molecular complexity index is 477. The summed E-state index contributed by atoms with van der Waals surface area (Å²) in [5, 5.41) is 0. The molecule has 0 radical (unpaired) electrons. The van der Waals surface area contributed by atoms with Crippen molar-refractivity contribution in [1.29, 1.82) is 0 Å². The van der Waals surface area contributed by atoms with Gasteiger partial charge in [-0.2, -0.15) is 4.40 Å². The highest BCUT2D eigenvalue weighted by molar-refractivity contribution is 7.85. The molecule has 4 heteroatoms. The fraction of sp³-hybridized carbons (Fsp3) is 0.588. The van der Waals surface area contributed by atoms with E-state index in [4.69, 9.17) is 4.74 Å². The number of benzene rings is 1. The zero-order valence-corrected chi connectivity index (χ0v) is 14.6. The van der Waals surface area contributed by atoms with Crippen LogP contribution in [-0.4, -0.2) is 22.0 Å². The number of ether oxygens (including phenoxy) is 1. The summed E-state index contributed by atoms with van der Waals surface area (Å²) in [6, 6.07) is 10.3. The van der Waals surface area contributed by atoms with Crippen molar-refractivity contribution in [2.75, 3.05) is 7.11 Å². The molecule has 0 amide bonds. The van der Waals surface area contributed by atoms with Crippen LogP contribution in [-0.2, 0) is 22.1 Å². The van der Waals surface area contributed by atoms with Gasteiger partial charge in [-0.15, -0.1) is 0 Å². The molecule has 0 aliphatic rings. The van der Waals surface area contributed by atoms with E-state index in [2.05, 4.69) is 23.5 Å². The lowest BCUT2D eigenvalue weighted by molar-refractivity contribution is 0.358. The van der Waals surface area contributed by atoms with Crippen LogP contribution < -0.4 is 0 Å². The number of hydrogen-bond acceptors (Lipinski definition) is 2. The lowest BCUT2D eigenvalue weighted by Gasteiger charge is -2.20. The molecule has 0 heterocycles. The molecule has 0 N–H and O–H groups in total. The van der Waals surface area contributed by atoms with Gasteiger partial charge < -0.3 is 4.74 Å². The lowest BCUT2D eigenvalue weighted by Crippen LogP contribution is -2.25. The van der Waals surface area contributed by atoms with Gasteiger partial charge >= 0.3 is 0 Å². The van der Waals surface area contributed by atoms with Crippen LogP contribution in [0.3, 0.4) is 0 Å². The van der Waals surface area contributed by atoms with Crippen molar-refractivity contribution in [3.05, 3.63) is 35.9 Å². The third kappa shape index (κ3) is 6.00. The van der Waals surface area contributed by atoms with Gasteiger partial charge in [0.25, 0.3) is 0 Å². The first-order chi connectivity index (χ1) is 9.88. The van der Waals surface area contributed by atoms with Crippen LogP contribution in [0, 0.1) is 5.92 Å². The van der Waals surface area contributed by atoms with Gasteiger partial charge in [-0.05, 0) is 39.2 Å². The van der Waals surface area contributed by atoms with Crippen LogP contribution in [0.5, 0.6) is 0 Å². The number of nitrogens with zero attached hydrogens (tertiary/aromatic N) is 1. The molecule has 2 atom stereocenters. The van der Waals surface area contributed by atoms with E-state index in [0.29, 0.717) is 5.90 Å². The monoisotopic (exact) mass is 309 g/mol. The summed E-state index contributed by atoms with van der Waals surface area (Å²) in [7, 11) is 0.331. The van der Waals surface area contributed by atoms with Crippen LogP contribution in [0.25, 0.3) is 0 Å². The van der Waals surface area contributed by atoms with E-state index in [0.717, 1.165) is 19.3 Å². The Labute approximate surface area is 131 Å². The normalized spacial score (nSPS) is 15.6. The minimum atomic E-state index is -1.29. The molecule has 118 valence electrons. The van der Waals surface area contributed by atoms with Crippen molar-refractivity contribution in [3.63, 3.8) is 0 Å². The molecule has 0 aliphatic heterocycles. The highest BCUT2D eigenvalue weighted by Gasteiger charge is 2.23. The van der Waals surface area contributed by atoms with Crippen molar-refractivity contribution in [2.45, 2.75) is 51.7 Å². The van der Waals surface area contributed by atoms with Gasteiger partial charge in [0.05, 0.1) is 11.9 Å². The zero-order chi connectivity index (χ0) is 15.9. The van der Waals surface area contributed by atoms with E-state index in [1.807, 2.05) is 39.0 Å². The molecule has 0 spiro atoms. The standard InChI is InChI=1S/C17H27NO2S/c1-6-10-15(13-14-11-8-7-9-12-14)16(20-5)18-21(19)17(2,3)4/h7-9,11-12,15H,6,10,13H2,1-5H3/b18-16-/t15-,21-/m1/s1. The number of methoxy groups -OCH3 is 1. The third-order valence-electron chi connectivity index (χ3n) is 3.22. The minimum Gasteiger partial charge on any atom is -0.483 e. The Hall–Kier alpha value is -1.16. The summed E-state index contributed by atoms with van der Waals surface area (Å²) in [6.45, 7) is 7.91. The Kier molecular flexibility index (Phi) is 7.09. The highest BCUT2D eigenvalue weighted by Crippen LogP contribution is 2.20. The van der Waals surface area contributed by atoms with Crippen molar-refractivity contribution in [2.24, 2.45) is 10.3 Å². The maximum atomic E-state index is 12.2. The molecule has 1 aromatic rings. The van der Waals surface area contributed by atoms with Crippen LogP contribution >= 0.6 is 0 Å². The fourth-order valence-electron chi connectivity index (χ4n) is 2.06. The summed E-state index contributed by atoms with van der Waals surface area (Å²) in [5.74, 6) is 0.780. The van der Waals surface area contributed by atoms with Gasteiger partial charge in [0.1, 0.15) is 11.0 Å². The number of hydrogen-bond donors (Lipinski definition) is 0. The quantitative estimate of drug-likeness (QED) is 0.585. The van der Waals surface area contributed by atoms with Gasteiger partial charge in [0, 0.05) is 5.92 Å².